The lowest BCUT2D eigenvalue weighted by Crippen LogP contribution is -2.50. The number of hydrogen-bond acceptors (Lipinski definition) is 7. The third kappa shape index (κ3) is 3.67. The van der Waals surface area contributed by atoms with Crippen molar-refractivity contribution in [3.63, 3.8) is 0 Å². The van der Waals surface area contributed by atoms with Gasteiger partial charge < -0.3 is 15.2 Å². The molecule has 3 aromatic rings. The zero-order chi connectivity index (χ0) is 22.6. The van der Waals surface area contributed by atoms with Crippen LogP contribution in [0.2, 0.25) is 5.02 Å². The van der Waals surface area contributed by atoms with Crippen LogP contribution in [0.25, 0.3) is 10.9 Å². The highest BCUT2D eigenvalue weighted by Crippen LogP contribution is 2.29. The number of piperazine rings is 1. The summed E-state index contributed by atoms with van der Waals surface area (Å²) in [4.78, 5) is 19.9. The topological polar surface area (TPSA) is 116 Å². The molecule has 32 heavy (non-hydrogen) atoms. The minimum absolute atomic E-state index is 0.111. The van der Waals surface area contributed by atoms with Gasteiger partial charge in [0.1, 0.15) is 0 Å². The van der Waals surface area contributed by atoms with Gasteiger partial charge in [0.05, 0.1) is 17.3 Å². The number of carbonyl (C=O) groups is 1. The fourth-order valence-electron chi connectivity index (χ4n) is 4.17. The third-order valence-electron chi connectivity index (χ3n) is 5.94. The van der Waals surface area contributed by atoms with E-state index in [2.05, 4.69) is 4.98 Å². The van der Waals surface area contributed by atoms with Crippen molar-refractivity contribution in [3.8, 4) is 0 Å². The van der Waals surface area contributed by atoms with Crippen molar-refractivity contribution < 1.29 is 23.5 Å². The zero-order valence-electron chi connectivity index (χ0n) is 16.9. The van der Waals surface area contributed by atoms with Crippen LogP contribution in [0.15, 0.2) is 29.3 Å². The second-order valence-electron chi connectivity index (χ2n) is 7.98. The summed E-state index contributed by atoms with van der Waals surface area (Å²) in [6.45, 7) is 0.672. The molecule has 3 heterocycles. The number of fused-ring (bicyclic) bond motifs is 2. The molecule has 1 atom stereocenters. The fourth-order valence-corrected chi connectivity index (χ4v) is 6.98. The third-order valence-corrected chi connectivity index (χ3v) is 9.14. The highest BCUT2D eigenvalue weighted by molar-refractivity contribution is 7.89. The first-order chi connectivity index (χ1) is 15.2. The summed E-state index contributed by atoms with van der Waals surface area (Å²) in [5.41, 5.74) is 1.18. The number of halogens is 1. The fraction of sp³-hybridized carbons (Fsp3) is 0.400. The zero-order valence-corrected chi connectivity index (χ0v) is 19.3. The van der Waals surface area contributed by atoms with E-state index in [1.165, 1.54) is 27.8 Å². The first-order valence-corrected chi connectivity index (χ1v) is 12.8. The number of benzene rings is 1. The summed E-state index contributed by atoms with van der Waals surface area (Å²) < 4.78 is 28.2. The molecule has 2 N–H and O–H groups in total. The molecule has 0 spiro atoms. The number of sulfonamides is 1. The molecule has 1 aliphatic carbocycles. The highest BCUT2D eigenvalue weighted by atomic mass is 35.5. The van der Waals surface area contributed by atoms with Crippen molar-refractivity contribution in [1.29, 1.82) is 0 Å². The van der Waals surface area contributed by atoms with E-state index >= 15 is 0 Å². The van der Waals surface area contributed by atoms with Crippen LogP contribution in [-0.2, 0) is 22.9 Å². The molecule has 170 valence electrons. The van der Waals surface area contributed by atoms with Gasteiger partial charge in [0.25, 0.3) is 15.9 Å². The van der Waals surface area contributed by atoms with Crippen molar-refractivity contribution in [3.05, 3.63) is 44.9 Å². The van der Waals surface area contributed by atoms with Crippen LogP contribution in [0.1, 0.15) is 26.8 Å². The standard InChI is InChI=1S/C20H21ClN4O5S2/c21-13-2-1-12-9-18(25(28)16(12)10-13)32(29,30)24-7-5-23(6-8-24)20(27)19-22-15-4-3-14(26)11-17(15)31-19/h1-2,9-10,14,26,28H,3-8,11H2. The number of amides is 1. The number of nitrogens with zero attached hydrogens (tertiary/aromatic N) is 4. The molecule has 1 fully saturated rings. The summed E-state index contributed by atoms with van der Waals surface area (Å²) in [7, 11) is -3.97. The summed E-state index contributed by atoms with van der Waals surface area (Å²) in [6, 6.07) is 6.18. The van der Waals surface area contributed by atoms with Crippen LogP contribution in [0.3, 0.4) is 0 Å². The predicted octanol–water partition coefficient (Wildman–Crippen LogP) is 1.98. The van der Waals surface area contributed by atoms with Crippen molar-refractivity contribution in [2.24, 2.45) is 0 Å². The molecular formula is C20H21ClN4O5S2. The Morgan fingerprint density at radius 2 is 1.94 bits per heavy atom. The molecule has 1 amide bonds. The van der Waals surface area contributed by atoms with E-state index in [0.717, 1.165) is 10.6 Å². The van der Waals surface area contributed by atoms with E-state index in [9.17, 15) is 23.5 Å². The summed E-state index contributed by atoms with van der Waals surface area (Å²) in [6.07, 6.45) is 1.44. The molecule has 1 aliphatic heterocycles. The molecule has 1 unspecified atom stereocenters. The number of rotatable bonds is 3. The lowest BCUT2D eigenvalue weighted by atomic mass is 10.0. The van der Waals surface area contributed by atoms with E-state index in [1.54, 1.807) is 17.0 Å². The summed E-state index contributed by atoms with van der Waals surface area (Å²) in [5, 5.41) is 21.4. The molecule has 1 saturated heterocycles. The Labute approximate surface area is 193 Å². The Hall–Kier alpha value is -2.18. The second-order valence-corrected chi connectivity index (χ2v) is 11.4. The van der Waals surface area contributed by atoms with Crippen molar-refractivity contribution in [2.75, 3.05) is 26.2 Å². The molecule has 2 aliphatic rings. The van der Waals surface area contributed by atoms with Crippen molar-refractivity contribution >= 4 is 49.8 Å². The van der Waals surface area contributed by atoms with Gasteiger partial charge in [-0.3, -0.25) is 4.79 Å². The monoisotopic (exact) mass is 496 g/mol. The Balaban J connectivity index is 1.31. The van der Waals surface area contributed by atoms with Gasteiger partial charge in [0.15, 0.2) is 10.0 Å². The lowest BCUT2D eigenvalue weighted by Gasteiger charge is -2.33. The minimum atomic E-state index is -3.97. The molecule has 5 rings (SSSR count). The molecule has 9 nitrogen and oxygen atoms in total. The lowest BCUT2D eigenvalue weighted by molar-refractivity contribution is 0.0695. The average molecular weight is 497 g/mol. The number of thiazole rings is 1. The maximum Gasteiger partial charge on any atom is 0.282 e. The molecule has 0 saturated carbocycles. The Kier molecular flexibility index (Phi) is 5.41. The predicted molar refractivity (Wildman–Crippen MR) is 119 cm³/mol. The van der Waals surface area contributed by atoms with Crippen molar-refractivity contribution in [2.45, 2.75) is 30.4 Å². The van der Waals surface area contributed by atoms with Gasteiger partial charge in [-0.15, -0.1) is 11.3 Å². The minimum Gasteiger partial charge on any atom is -0.427 e. The molecule has 0 radical (unpaired) electrons. The number of carbonyl (C=O) groups excluding carboxylic acids is 1. The molecule has 12 heteroatoms. The summed E-state index contributed by atoms with van der Waals surface area (Å²) >= 11 is 7.27. The maximum atomic E-state index is 13.1. The van der Waals surface area contributed by atoms with Crippen LogP contribution in [0, 0.1) is 0 Å². The number of aryl methyl sites for hydroxylation is 1. The number of aliphatic hydroxyl groups excluding tert-OH is 1. The van der Waals surface area contributed by atoms with E-state index in [1.807, 2.05) is 0 Å². The SMILES string of the molecule is O=C(c1nc2c(s1)CC(O)CC2)N1CCN(S(=O)(=O)c2cc3ccc(Cl)cc3n2O)CC1. The first-order valence-electron chi connectivity index (χ1n) is 10.2. The molecular weight excluding hydrogens is 476 g/mol. The van der Waals surface area contributed by atoms with Crippen LogP contribution in [0.4, 0.5) is 0 Å². The van der Waals surface area contributed by atoms with Gasteiger partial charge in [0, 0.05) is 47.9 Å². The normalized spacial score (nSPS) is 19.9. The summed E-state index contributed by atoms with van der Waals surface area (Å²) in [5.74, 6) is -0.221. The Morgan fingerprint density at radius 1 is 1.19 bits per heavy atom. The largest absolute Gasteiger partial charge is 0.427 e. The van der Waals surface area contributed by atoms with Crippen LogP contribution in [-0.4, -0.2) is 75.8 Å². The second kappa shape index (κ2) is 7.99. The van der Waals surface area contributed by atoms with Gasteiger partial charge in [0.2, 0.25) is 0 Å². The Morgan fingerprint density at radius 3 is 2.69 bits per heavy atom. The van der Waals surface area contributed by atoms with Gasteiger partial charge >= 0.3 is 0 Å². The average Bonchev–Trinajstić information content (AvgIpc) is 3.34. The Bertz CT molecular complexity index is 1310. The van der Waals surface area contributed by atoms with E-state index in [-0.39, 0.29) is 37.1 Å². The van der Waals surface area contributed by atoms with Crippen LogP contribution in [0.5, 0.6) is 0 Å². The highest BCUT2D eigenvalue weighted by Gasteiger charge is 2.34. The number of aromatic nitrogens is 2. The number of hydrogen-bond donors (Lipinski definition) is 2. The van der Waals surface area contributed by atoms with Gasteiger partial charge in [-0.05, 0) is 31.0 Å². The number of aliphatic hydroxyl groups is 1. The first kappa shape index (κ1) is 21.7. The van der Waals surface area contributed by atoms with E-state index < -0.39 is 16.1 Å². The van der Waals surface area contributed by atoms with E-state index in [4.69, 9.17) is 11.6 Å². The van der Waals surface area contributed by atoms with Gasteiger partial charge in [-0.2, -0.15) is 9.04 Å². The molecule has 2 aromatic heterocycles. The maximum absolute atomic E-state index is 13.1. The quantitative estimate of drug-likeness (QED) is 0.536. The smallest absolute Gasteiger partial charge is 0.282 e. The van der Waals surface area contributed by atoms with Gasteiger partial charge in [-0.25, -0.2) is 13.4 Å². The van der Waals surface area contributed by atoms with Crippen LogP contribution >= 0.6 is 22.9 Å². The van der Waals surface area contributed by atoms with Gasteiger partial charge in [-0.1, -0.05) is 17.7 Å². The molecule has 1 aromatic carbocycles. The van der Waals surface area contributed by atoms with Crippen molar-refractivity contribution in [1.82, 2.24) is 18.9 Å². The van der Waals surface area contributed by atoms with Crippen LogP contribution < -0.4 is 0 Å². The van der Waals surface area contributed by atoms with E-state index in [0.29, 0.717) is 44.9 Å². The molecule has 0 bridgehead atoms.